The summed E-state index contributed by atoms with van der Waals surface area (Å²) in [7, 11) is 1.40. The summed E-state index contributed by atoms with van der Waals surface area (Å²) >= 11 is 5.90. The van der Waals surface area contributed by atoms with Crippen molar-refractivity contribution >= 4 is 23.5 Å². The lowest BCUT2D eigenvalue weighted by molar-refractivity contribution is -0.139. The number of amides is 1. The summed E-state index contributed by atoms with van der Waals surface area (Å²) < 4.78 is 5.00. The molecule has 1 atom stereocenters. The zero-order chi connectivity index (χ0) is 16.0. The number of carboxylic acid groups (broad SMARTS) is 1. The number of pyridine rings is 1. The van der Waals surface area contributed by atoms with Crippen LogP contribution in [-0.4, -0.2) is 41.7 Å². The maximum absolute atomic E-state index is 12.1. The van der Waals surface area contributed by atoms with Gasteiger partial charge in [-0.2, -0.15) is 0 Å². The van der Waals surface area contributed by atoms with Crippen LogP contribution in [0.2, 0.25) is 5.15 Å². The van der Waals surface area contributed by atoms with Crippen LogP contribution in [-0.2, 0) is 9.53 Å². The van der Waals surface area contributed by atoms with E-state index in [0.717, 1.165) is 5.69 Å². The molecule has 116 valence electrons. The third-order valence-electron chi connectivity index (χ3n) is 2.89. The monoisotopic (exact) mass is 314 g/mol. The van der Waals surface area contributed by atoms with Gasteiger partial charge in [0.05, 0.1) is 12.5 Å². The standard InChI is InChI=1S/C14H19ClN2O4/c1-8(2)11-4-9(5-12(15)17-11)14(20)16-7-10(21-3)6-13(18)19/h4-5,8,10H,6-7H2,1-3H3,(H,16,20)(H,18,19). The zero-order valence-electron chi connectivity index (χ0n) is 12.2. The Hall–Kier alpha value is -1.66. The molecule has 2 N–H and O–H groups in total. The lowest BCUT2D eigenvalue weighted by Gasteiger charge is -2.14. The molecular weight excluding hydrogens is 296 g/mol. The molecule has 7 heteroatoms. The maximum atomic E-state index is 12.1. The van der Waals surface area contributed by atoms with Gasteiger partial charge in [-0.15, -0.1) is 0 Å². The van der Waals surface area contributed by atoms with E-state index in [1.165, 1.54) is 13.2 Å². The van der Waals surface area contributed by atoms with Crippen LogP contribution in [0, 0.1) is 0 Å². The molecule has 0 spiro atoms. The molecule has 0 aliphatic heterocycles. The molecular formula is C14H19ClN2O4. The average Bonchev–Trinajstić information content (AvgIpc) is 2.41. The Kier molecular flexibility index (Phi) is 6.58. The van der Waals surface area contributed by atoms with Crippen LogP contribution in [0.5, 0.6) is 0 Å². The largest absolute Gasteiger partial charge is 0.481 e. The van der Waals surface area contributed by atoms with Gasteiger partial charge in [-0.3, -0.25) is 9.59 Å². The molecule has 0 saturated carbocycles. The van der Waals surface area contributed by atoms with E-state index in [2.05, 4.69) is 10.3 Å². The summed E-state index contributed by atoms with van der Waals surface area (Å²) in [6.45, 7) is 4.01. The van der Waals surface area contributed by atoms with Crippen molar-refractivity contribution in [2.75, 3.05) is 13.7 Å². The van der Waals surface area contributed by atoms with Crippen LogP contribution in [0.4, 0.5) is 0 Å². The SMILES string of the molecule is COC(CNC(=O)c1cc(Cl)nc(C(C)C)c1)CC(=O)O. The summed E-state index contributed by atoms with van der Waals surface area (Å²) in [6.07, 6.45) is -0.751. The highest BCUT2D eigenvalue weighted by molar-refractivity contribution is 6.29. The Bertz CT molecular complexity index is 520. The van der Waals surface area contributed by atoms with Crippen LogP contribution in [0.15, 0.2) is 12.1 Å². The van der Waals surface area contributed by atoms with E-state index in [1.807, 2.05) is 13.8 Å². The Labute approximate surface area is 128 Å². The summed E-state index contributed by atoms with van der Waals surface area (Å²) in [5, 5.41) is 11.6. The van der Waals surface area contributed by atoms with Crippen molar-refractivity contribution in [3.63, 3.8) is 0 Å². The number of rotatable bonds is 7. The molecule has 0 saturated heterocycles. The molecule has 1 unspecified atom stereocenters. The number of hydrogen-bond donors (Lipinski definition) is 2. The highest BCUT2D eigenvalue weighted by Crippen LogP contribution is 2.17. The molecule has 0 fully saturated rings. The third-order valence-corrected chi connectivity index (χ3v) is 3.09. The first-order valence-electron chi connectivity index (χ1n) is 6.53. The molecule has 0 aliphatic carbocycles. The molecule has 0 aromatic carbocycles. The molecule has 0 radical (unpaired) electrons. The first-order valence-corrected chi connectivity index (χ1v) is 6.91. The number of carbonyl (C=O) groups excluding carboxylic acids is 1. The van der Waals surface area contributed by atoms with Gasteiger partial charge in [0.25, 0.3) is 5.91 Å². The predicted molar refractivity (Wildman–Crippen MR) is 78.7 cm³/mol. The van der Waals surface area contributed by atoms with Crippen LogP contribution < -0.4 is 5.32 Å². The van der Waals surface area contributed by atoms with Gasteiger partial charge >= 0.3 is 5.97 Å². The first kappa shape index (κ1) is 17.4. The summed E-state index contributed by atoms with van der Waals surface area (Å²) in [4.78, 5) is 26.9. The smallest absolute Gasteiger partial charge is 0.306 e. The van der Waals surface area contributed by atoms with Gasteiger partial charge in [0.1, 0.15) is 5.15 Å². The van der Waals surface area contributed by atoms with E-state index in [9.17, 15) is 9.59 Å². The maximum Gasteiger partial charge on any atom is 0.306 e. The quantitative estimate of drug-likeness (QED) is 0.752. The van der Waals surface area contributed by atoms with E-state index < -0.39 is 12.1 Å². The molecule has 1 rings (SSSR count). The number of nitrogens with one attached hydrogen (secondary N) is 1. The van der Waals surface area contributed by atoms with Gasteiger partial charge < -0.3 is 15.2 Å². The molecule has 0 bridgehead atoms. The number of aromatic nitrogens is 1. The van der Waals surface area contributed by atoms with E-state index in [-0.39, 0.29) is 29.9 Å². The second-order valence-corrected chi connectivity index (χ2v) is 5.31. The number of carboxylic acids is 1. The fraction of sp³-hybridized carbons (Fsp3) is 0.500. The van der Waals surface area contributed by atoms with Crippen molar-refractivity contribution in [2.24, 2.45) is 0 Å². The topological polar surface area (TPSA) is 88.5 Å². The van der Waals surface area contributed by atoms with Crippen LogP contribution in [0.3, 0.4) is 0 Å². The van der Waals surface area contributed by atoms with Gasteiger partial charge in [0.2, 0.25) is 0 Å². The Morgan fingerprint density at radius 3 is 2.62 bits per heavy atom. The second-order valence-electron chi connectivity index (χ2n) is 4.92. The van der Waals surface area contributed by atoms with Gasteiger partial charge in [-0.05, 0) is 18.1 Å². The lowest BCUT2D eigenvalue weighted by atomic mass is 10.1. The fourth-order valence-corrected chi connectivity index (χ4v) is 1.90. The Morgan fingerprint density at radius 1 is 1.43 bits per heavy atom. The van der Waals surface area contributed by atoms with Crippen LogP contribution in [0.25, 0.3) is 0 Å². The number of methoxy groups -OCH3 is 1. The highest BCUT2D eigenvalue weighted by Gasteiger charge is 2.15. The van der Waals surface area contributed by atoms with Crippen molar-refractivity contribution < 1.29 is 19.4 Å². The number of ether oxygens (including phenoxy) is 1. The van der Waals surface area contributed by atoms with Crippen molar-refractivity contribution in [2.45, 2.75) is 32.3 Å². The van der Waals surface area contributed by atoms with Gasteiger partial charge in [-0.1, -0.05) is 25.4 Å². The molecule has 1 amide bonds. The summed E-state index contributed by atoms with van der Waals surface area (Å²) in [6, 6.07) is 3.15. The molecule has 1 aromatic heterocycles. The van der Waals surface area contributed by atoms with E-state index in [4.69, 9.17) is 21.4 Å². The molecule has 6 nitrogen and oxygen atoms in total. The first-order chi connectivity index (χ1) is 9.83. The molecule has 0 aliphatic rings. The molecule has 1 aromatic rings. The van der Waals surface area contributed by atoms with Crippen molar-refractivity contribution in [3.8, 4) is 0 Å². The van der Waals surface area contributed by atoms with Gasteiger partial charge in [-0.25, -0.2) is 4.98 Å². The predicted octanol–water partition coefficient (Wildman–Crippen LogP) is 2.08. The number of carbonyl (C=O) groups is 2. The second kappa shape index (κ2) is 7.95. The minimum atomic E-state index is -0.981. The fourth-order valence-electron chi connectivity index (χ4n) is 1.69. The summed E-state index contributed by atoms with van der Waals surface area (Å²) in [5.41, 5.74) is 1.12. The zero-order valence-corrected chi connectivity index (χ0v) is 13.0. The van der Waals surface area contributed by atoms with Crippen molar-refractivity contribution in [1.29, 1.82) is 0 Å². The molecule has 1 heterocycles. The van der Waals surface area contributed by atoms with E-state index in [0.29, 0.717) is 5.56 Å². The van der Waals surface area contributed by atoms with Crippen LogP contribution in [0.1, 0.15) is 42.2 Å². The Morgan fingerprint density at radius 2 is 2.10 bits per heavy atom. The number of hydrogen-bond acceptors (Lipinski definition) is 4. The number of halogens is 1. The van der Waals surface area contributed by atoms with Crippen molar-refractivity contribution in [1.82, 2.24) is 10.3 Å². The van der Waals surface area contributed by atoms with Crippen LogP contribution >= 0.6 is 11.6 Å². The minimum Gasteiger partial charge on any atom is -0.481 e. The highest BCUT2D eigenvalue weighted by atomic mass is 35.5. The Balaban J connectivity index is 2.73. The normalized spacial score (nSPS) is 12.2. The lowest BCUT2D eigenvalue weighted by Crippen LogP contribution is -2.34. The van der Waals surface area contributed by atoms with Gasteiger partial charge in [0.15, 0.2) is 0 Å². The third kappa shape index (κ3) is 5.69. The summed E-state index contributed by atoms with van der Waals surface area (Å²) in [5.74, 6) is -1.17. The van der Waals surface area contributed by atoms with Crippen molar-refractivity contribution in [3.05, 3.63) is 28.5 Å². The van der Waals surface area contributed by atoms with E-state index >= 15 is 0 Å². The number of nitrogens with zero attached hydrogens (tertiary/aromatic N) is 1. The molecule has 21 heavy (non-hydrogen) atoms. The number of aliphatic carboxylic acids is 1. The van der Waals surface area contributed by atoms with Gasteiger partial charge in [0, 0.05) is 24.9 Å². The minimum absolute atomic E-state index is 0.110. The average molecular weight is 315 g/mol. The van der Waals surface area contributed by atoms with E-state index in [1.54, 1.807) is 6.07 Å².